The molecule has 0 radical (unpaired) electrons. The number of alkyl halides is 1. The molecule has 0 bridgehead atoms. The van der Waals surface area contributed by atoms with Gasteiger partial charge in [-0.05, 0) is 26.0 Å². The molecule has 0 aliphatic carbocycles. The molecule has 3 nitrogen and oxygen atoms in total. The van der Waals surface area contributed by atoms with Gasteiger partial charge in [0.2, 0.25) is 0 Å². The molecule has 0 atom stereocenters. The van der Waals surface area contributed by atoms with Crippen LogP contribution in [0.3, 0.4) is 0 Å². The monoisotopic (exact) mass is 303 g/mol. The fourth-order valence-corrected chi connectivity index (χ4v) is 1.91. The minimum atomic E-state index is 0.572. The first-order valence-electron chi connectivity index (χ1n) is 4.30. The summed E-state index contributed by atoms with van der Waals surface area (Å²) < 4.78 is 11.8. The lowest BCUT2D eigenvalue weighted by Crippen LogP contribution is -1.79. The zero-order chi connectivity index (χ0) is 10.1. The van der Waals surface area contributed by atoms with Crippen LogP contribution >= 0.6 is 22.6 Å². The van der Waals surface area contributed by atoms with Gasteiger partial charge < -0.3 is 8.83 Å². The summed E-state index contributed by atoms with van der Waals surface area (Å²) in [5.41, 5.74) is 0.981. The van der Waals surface area contributed by atoms with E-state index in [0.717, 1.165) is 21.6 Å². The number of hydrogen-bond acceptors (Lipinski definition) is 3. The zero-order valence-electron chi connectivity index (χ0n) is 8.00. The quantitative estimate of drug-likeness (QED) is 0.630. The van der Waals surface area contributed by atoms with Crippen molar-refractivity contribution < 1.29 is 8.83 Å². The molecule has 0 spiro atoms. The molecule has 0 fully saturated rings. The zero-order valence-corrected chi connectivity index (χ0v) is 10.2. The van der Waals surface area contributed by atoms with Crippen LogP contribution in [0.1, 0.15) is 17.2 Å². The Hall–Kier alpha value is -0.780. The molecule has 4 heteroatoms. The van der Waals surface area contributed by atoms with E-state index in [1.807, 2.05) is 26.0 Å². The Morgan fingerprint density at radius 2 is 2.07 bits per heavy atom. The molecule has 0 N–H and O–H groups in total. The van der Waals surface area contributed by atoms with Gasteiger partial charge in [-0.15, -0.1) is 0 Å². The fraction of sp³-hybridized carbons (Fsp3) is 0.300. The van der Waals surface area contributed by atoms with Crippen molar-refractivity contribution >= 4 is 22.6 Å². The number of rotatable bonds is 2. The van der Waals surface area contributed by atoms with E-state index in [1.54, 1.807) is 0 Å². The molecule has 0 amide bonds. The third kappa shape index (κ3) is 1.70. The highest BCUT2D eigenvalue weighted by Gasteiger charge is 2.12. The molecule has 2 rings (SSSR count). The molecular weight excluding hydrogens is 293 g/mol. The molecule has 0 unspecified atom stereocenters. The molecule has 0 aliphatic rings. The minimum absolute atomic E-state index is 0.572. The second-order valence-corrected chi connectivity index (χ2v) is 3.83. The highest BCUT2D eigenvalue weighted by molar-refractivity contribution is 14.1. The van der Waals surface area contributed by atoms with Crippen molar-refractivity contribution in [3.8, 4) is 11.7 Å². The van der Waals surface area contributed by atoms with Crippen molar-refractivity contribution in [1.29, 1.82) is 0 Å². The van der Waals surface area contributed by atoms with Gasteiger partial charge in [0, 0.05) is 4.43 Å². The summed E-state index contributed by atoms with van der Waals surface area (Å²) in [6, 6.07) is 3.77. The highest BCUT2D eigenvalue weighted by Crippen LogP contribution is 2.24. The standard InChI is InChI=1S/C10H10INO2/c1-6-3-4-9(13-6)10-12-8(5-11)7(2)14-10/h3-4H,5H2,1-2H3. The first kappa shape index (κ1) is 9.76. The molecule has 14 heavy (non-hydrogen) atoms. The summed E-state index contributed by atoms with van der Waals surface area (Å²) in [7, 11) is 0. The van der Waals surface area contributed by atoms with Gasteiger partial charge in [0.15, 0.2) is 5.76 Å². The van der Waals surface area contributed by atoms with Gasteiger partial charge in [0.1, 0.15) is 11.5 Å². The SMILES string of the molecule is Cc1ccc(-c2nc(CI)c(C)o2)o1. The predicted molar refractivity (Wildman–Crippen MR) is 61.4 cm³/mol. The van der Waals surface area contributed by atoms with Crippen molar-refractivity contribution in [3.05, 3.63) is 29.3 Å². The Bertz CT molecular complexity index is 445. The van der Waals surface area contributed by atoms with Gasteiger partial charge in [-0.2, -0.15) is 0 Å². The van der Waals surface area contributed by atoms with Crippen LogP contribution in [0.15, 0.2) is 21.0 Å². The maximum Gasteiger partial charge on any atom is 0.263 e. The second-order valence-electron chi connectivity index (χ2n) is 3.07. The Morgan fingerprint density at radius 3 is 2.57 bits per heavy atom. The normalized spacial score (nSPS) is 10.8. The van der Waals surface area contributed by atoms with Gasteiger partial charge in [-0.1, -0.05) is 22.6 Å². The average molecular weight is 303 g/mol. The van der Waals surface area contributed by atoms with E-state index >= 15 is 0 Å². The Kier molecular flexibility index (Phi) is 2.62. The molecule has 0 saturated heterocycles. The molecule has 0 aromatic carbocycles. The fourth-order valence-electron chi connectivity index (χ4n) is 1.21. The second kappa shape index (κ2) is 3.76. The predicted octanol–water partition coefficient (Wildman–Crippen LogP) is 3.49. The van der Waals surface area contributed by atoms with Gasteiger partial charge >= 0.3 is 0 Å². The summed E-state index contributed by atoms with van der Waals surface area (Å²) in [6.45, 7) is 3.82. The Morgan fingerprint density at radius 1 is 1.29 bits per heavy atom. The summed E-state index contributed by atoms with van der Waals surface area (Å²) in [4.78, 5) is 4.34. The molecule has 2 aromatic heterocycles. The van der Waals surface area contributed by atoms with Crippen LogP contribution in [0.2, 0.25) is 0 Å². The Balaban J connectivity index is 2.42. The topological polar surface area (TPSA) is 39.2 Å². The van der Waals surface area contributed by atoms with Gasteiger partial charge in [0.05, 0.1) is 5.69 Å². The molecular formula is C10H10INO2. The van der Waals surface area contributed by atoms with Crippen LogP contribution in [0.5, 0.6) is 0 Å². The van der Waals surface area contributed by atoms with Gasteiger partial charge in [0.25, 0.3) is 5.89 Å². The number of aryl methyl sites for hydroxylation is 2. The maximum absolute atomic E-state index is 5.50. The first-order chi connectivity index (χ1) is 6.70. The third-order valence-electron chi connectivity index (χ3n) is 1.97. The van der Waals surface area contributed by atoms with E-state index < -0.39 is 0 Å². The van der Waals surface area contributed by atoms with Crippen molar-refractivity contribution in [2.45, 2.75) is 18.3 Å². The molecule has 0 aliphatic heterocycles. The first-order valence-corrected chi connectivity index (χ1v) is 5.82. The minimum Gasteiger partial charge on any atom is -0.456 e. The lowest BCUT2D eigenvalue weighted by atomic mass is 10.4. The number of nitrogens with zero attached hydrogens (tertiary/aromatic N) is 1. The van der Waals surface area contributed by atoms with Crippen LogP contribution < -0.4 is 0 Å². The highest BCUT2D eigenvalue weighted by atomic mass is 127. The summed E-state index contributed by atoms with van der Waals surface area (Å²) >= 11 is 2.26. The summed E-state index contributed by atoms with van der Waals surface area (Å²) in [5, 5.41) is 0. The van der Waals surface area contributed by atoms with E-state index in [-0.39, 0.29) is 0 Å². The number of halogens is 1. The number of aromatic nitrogens is 1. The van der Waals surface area contributed by atoms with Crippen LogP contribution in [-0.2, 0) is 4.43 Å². The molecule has 2 heterocycles. The Labute approximate surface area is 95.7 Å². The third-order valence-corrected chi connectivity index (χ3v) is 2.69. The lowest BCUT2D eigenvalue weighted by Gasteiger charge is -1.86. The van der Waals surface area contributed by atoms with Crippen LogP contribution in [0.4, 0.5) is 0 Å². The summed E-state index contributed by atoms with van der Waals surface area (Å²) in [5.74, 6) is 3.00. The molecule has 0 saturated carbocycles. The van der Waals surface area contributed by atoms with E-state index in [9.17, 15) is 0 Å². The van der Waals surface area contributed by atoms with Crippen LogP contribution in [0, 0.1) is 13.8 Å². The van der Waals surface area contributed by atoms with Gasteiger partial charge in [-0.3, -0.25) is 0 Å². The van der Waals surface area contributed by atoms with Crippen molar-refractivity contribution in [2.75, 3.05) is 0 Å². The lowest BCUT2D eigenvalue weighted by molar-refractivity contribution is 0.488. The van der Waals surface area contributed by atoms with Crippen LogP contribution in [-0.4, -0.2) is 4.98 Å². The largest absolute Gasteiger partial charge is 0.456 e. The van der Waals surface area contributed by atoms with Gasteiger partial charge in [-0.25, -0.2) is 4.98 Å². The van der Waals surface area contributed by atoms with Crippen molar-refractivity contribution in [3.63, 3.8) is 0 Å². The molecule has 2 aromatic rings. The average Bonchev–Trinajstić information content (AvgIpc) is 2.71. The van der Waals surface area contributed by atoms with Crippen molar-refractivity contribution in [2.24, 2.45) is 0 Å². The van der Waals surface area contributed by atoms with Crippen molar-refractivity contribution in [1.82, 2.24) is 4.98 Å². The maximum atomic E-state index is 5.50. The summed E-state index contributed by atoms with van der Waals surface area (Å²) in [6.07, 6.45) is 0. The van der Waals surface area contributed by atoms with Crippen LogP contribution in [0.25, 0.3) is 11.7 Å². The number of furan rings is 1. The van der Waals surface area contributed by atoms with E-state index in [2.05, 4.69) is 27.6 Å². The smallest absolute Gasteiger partial charge is 0.263 e. The van der Waals surface area contributed by atoms with E-state index in [0.29, 0.717) is 11.7 Å². The van der Waals surface area contributed by atoms with E-state index in [4.69, 9.17) is 8.83 Å². The molecule has 74 valence electrons. The number of hydrogen-bond donors (Lipinski definition) is 0. The van der Waals surface area contributed by atoms with E-state index in [1.165, 1.54) is 0 Å². The number of oxazole rings is 1.